The van der Waals surface area contributed by atoms with Crippen molar-refractivity contribution < 1.29 is 57.9 Å². The standard InChI is InChI=1S/C8H12N3O6PS.Na/c1-15-10-6(7(12)13)5-4-19-8(9-5)11-18(14,16-2)17-3;/h4H,1-3H3,(H,12,13)(H,9,11,14);/q;+1/p-1. The third-order valence-electron chi connectivity index (χ3n) is 1.84. The van der Waals surface area contributed by atoms with E-state index in [-0.39, 0.29) is 40.4 Å². The Morgan fingerprint density at radius 1 is 1.45 bits per heavy atom. The Morgan fingerprint density at radius 3 is 2.50 bits per heavy atom. The van der Waals surface area contributed by atoms with Gasteiger partial charge in [-0.05, 0) is 0 Å². The number of thiazole rings is 1. The second-order valence-electron chi connectivity index (χ2n) is 2.92. The number of anilines is 1. The van der Waals surface area contributed by atoms with E-state index in [1.807, 2.05) is 0 Å². The zero-order valence-corrected chi connectivity index (χ0v) is 15.0. The van der Waals surface area contributed by atoms with Crippen molar-refractivity contribution in [2.75, 3.05) is 26.4 Å². The predicted molar refractivity (Wildman–Crippen MR) is 65.9 cm³/mol. The van der Waals surface area contributed by atoms with Crippen molar-refractivity contribution in [1.82, 2.24) is 4.98 Å². The van der Waals surface area contributed by atoms with Gasteiger partial charge in [0.15, 0.2) is 10.8 Å². The fourth-order valence-electron chi connectivity index (χ4n) is 0.997. The van der Waals surface area contributed by atoms with Crippen molar-refractivity contribution in [1.29, 1.82) is 0 Å². The van der Waals surface area contributed by atoms with Gasteiger partial charge in [0.05, 0.1) is 5.97 Å². The number of aromatic nitrogens is 1. The SMILES string of the molecule is CON=C(C(=O)[O-])c1csc(NP(=O)(OC)OC)n1.[Na+]. The monoisotopic (exact) mass is 331 g/mol. The molecule has 0 saturated heterocycles. The summed E-state index contributed by atoms with van der Waals surface area (Å²) >= 11 is 0.997. The van der Waals surface area contributed by atoms with Gasteiger partial charge in [-0.1, -0.05) is 5.16 Å². The van der Waals surface area contributed by atoms with Gasteiger partial charge in [0.25, 0.3) is 0 Å². The number of rotatable bonds is 7. The van der Waals surface area contributed by atoms with Crippen molar-refractivity contribution in [3.8, 4) is 0 Å². The molecule has 0 amide bonds. The molecule has 1 N–H and O–H groups in total. The molecule has 106 valence electrons. The maximum absolute atomic E-state index is 11.8. The summed E-state index contributed by atoms with van der Waals surface area (Å²) < 4.78 is 21.1. The molecule has 0 spiro atoms. The molecule has 9 nitrogen and oxygen atoms in total. The Bertz CT molecular complexity index is 528. The van der Waals surface area contributed by atoms with Crippen LogP contribution in [0.15, 0.2) is 10.5 Å². The van der Waals surface area contributed by atoms with Gasteiger partial charge >= 0.3 is 37.3 Å². The summed E-state index contributed by atoms with van der Waals surface area (Å²) in [7, 11) is 0.0960. The van der Waals surface area contributed by atoms with Crippen molar-refractivity contribution in [2.45, 2.75) is 0 Å². The van der Waals surface area contributed by atoms with Crippen LogP contribution in [0.1, 0.15) is 5.69 Å². The molecule has 0 aliphatic carbocycles. The van der Waals surface area contributed by atoms with Gasteiger partial charge in [0.2, 0.25) is 0 Å². The van der Waals surface area contributed by atoms with Crippen LogP contribution >= 0.6 is 19.1 Å². The van der Waals surface area contributed by atoms with Gasteiger partial charge in [-0.2, -0.15) is 0 Å². The van der Waals surface area contributed by atoms with Crippen molar-refractivity contribution in [3.63, 3.8) is 0 Å². The zero-order valence-electron chi connectivity index (χ0n) is 11.3. The molecule has 0 saturated carbocycles. The molecule has 0 atom stereocenters. The van der Waals surface area contributed by atoms with E-state index in [0.717, 1.165) is 11.3 Å². The largest absolute Gasteiger partial charge is 1.00 e. The fourth-order valence-corrected chi connectivity index (χ4v) is 2.70. The summed E-state index contributed by atoms with van der Waals surface area (Å²) in [5, 5.41) is 18.0. The van der Waals surface area contributed by atoms with E-state index < -0.39 is 19.4 Å². The smallest absolute Gasteiger partial charge is 0.543 e. The summed E-state index contributed by atoms with van der Waals surface area (Å²) in [6.45, 7) is 0. The maximum Gasteiger partial charge on any atom is 1.00 e. The number of carboxylic acids is 1. The number of oxime groups is 1. The molecule has 1 aromatic rings. The molecule has 20 heavy (non-hydrogen) atoms. The number of hydrogen-bond acceptors (Lipinski definition) is 9. The van der Waals surface area contributed by atoms with Gasteiger partial charge in [-0.25, -0.2) is 9.55 Å². The van der Waals surface area contributed by atoms with Crippen molar-refractivity contribution >= 4 is 35.9 Å². The minimum atomic E-state index is -3.50. The van der Waals surface area contributed by atoms with E-state index in [2.05, 4.69) is 29.1 Å². The van der Waals surface area contributed by atoms with Crippen LogP contribution in [0.2, 0.25) is 0 Å². The quantitative estimate of drug-likeness (QED) is 0.244. The molecular formula is C8H11N3NaO6PS. The number of nitrogens with zero attached hydrogens (tertiary/aromatic N) is 2. The summed E-state index contributed by atoms with van der Waals surface area (Å²) in [6, 6.07) is 0. The van der Waals surface area contributed by atoms with Crippen LogP contribution in [-0.2, 0) is 23.2 Å². The first-order chi connectivity index (χ1) is 8.95. The van der Waals surface area contributed by atoms with Crippen LogP contribution in [0.4, 0.5) is 5.13 Å². The molecule has 0 fully saturated rings. The van der Waals surface area contributed by atoms with E-state index in [9.17, 15) is 14.5 Å². The number of carboxylic acid groups (broad SMARTS) is 1. The minimum Gasteiger partial charge on any atom is -0.543 e. The number of carbonyl (C=O) groups is 1. The number of carbonyl (C=O) groups excluding carboxylic acids is 1. The Labute approximate surface area is 141 Å². The number of hydrogen-bond donors (Lipinski definition) is 1. The predicted octanol–water partition coefficient (Wildman–Crippen LogP) is -2.94. The van der Waals surface area contributed by atoms with E-state index in [1.54, 1.807) is 0 Å². The molecule has 1 heterocycles. The Morgan fingerprint density at radius 2 is 2.05 bits per heavy atom. The van der Waals surface area contributed by atoms with Crippen molar-refractivity contribution in [3.05, 3.63) is 11.1 Å². The molecule has 1 rings (SSSR count). The first-order valence-electron chi connectivity index (χ1n) is 4.74. The molecule has 0 aromatic carbocycles. The van der Waals surface area contributed by atoms with Crippen LogP contribution < -0.4 is 39.8 Å². The number of aliphatic carboxylic acids is 1. The molecule has 0 radical (unpaired) electrons. The summed E-state index contributed by atoms with van der Waals surface area (Å²) in [5.41, 5.74) is -0.468. The second-order valence-corrected chi connectivity index (χ2v) is 5.73. The molecule has 0 bridgehead atoms. The van der Waals surface area contributed by atoms with Crippen LogP contribution in [0, 0.1) is 0 Å². The molecular weight excluding hydrogens is 320 g/mol. The first-order valence-corrected chi connectivity index (χ1v) is 7.16. The van der Waals surface area contributed by atoms with E-state index in [0.29, 0.717) is 0 Å². The molecule has 1 aromatic heterocycles. The van der Waals surface area contributed by atoms with Crippen LogP contribution in [-0.4, -0.2) is 38.0 Å². The van der Waals surface area contributed by atoms with Gasteiger partial charge in [0, 0.05) is 19.6 Å². The maximum atomic E-state index is 11.8. The Hall–Kier alpha value is -0.480. The Balaban J connectivity index is 0.00000361. The molecule has 12 heteroatoms. The third kappa shape index (κ3) is 5.13. The number of nitrogens with one attached hydrogen (secondary N) is 1. The summed E-state index contributed by atoms with van der Waals surface area (Å²) in [6.07, 6.45) is 0. The summed E-state index contributed by atoms with van der Waals surface area (Å²) in [5.74, 6) is -1.54. The molecule has 0 unspecified atom stereocenters. The first kappa shape index (κ1) is 19.5. The van der Waals surface area contributed by atoms with Gasteiger partial charge < -0.3 is 14.7 Å². The van der Waals surface area contributed by atoms with E-state index in [1.165, 1.54) is 26.7 Å². The molecule has 0 aliphatic heterocycles. The minimum absolute atomic E-state index is 0. The Kier molecular flexibility index (Phi) is 8.52. The second kappa shape index (κ2) is 8.73. The van der Waals surface area contributed by atoms with E-state index in [4.69, 9.17) is 0 Å². The summed E-state index contributed by atoms with van der Waals surface area (Å²) in [4.78, 5) is 19.1. The van der Waals surface area contributed by atoms with Gasteiger partial charge in [-0.3, -0.25) is 14.1 Å². The average Bonchev–Trinajstić information content (AvgIpc) is 2.83. The van der Waals surface area contributed by atoms with Gasteiger partial charge in [0.1, 0.15) is 12.8 Å². The normalized spacial score (nSPS) is 11.7. The average molecular weight is 331 g/mol. The topological polar surface area (TPSA) is 122 Å². The van der Waals surface area contributed by atoms with Crippen LogP contribution in [0.5, 0.6) is 0 Å². The van der Waals surface area contributed by atoms with Gasteiger partial charge in [-0.15, -0.1) is 11.3 Å². The van der Waals surface area contributed by atoms with Crippen molar-refractivity contribution in [2.24, 2.45) is 5.16 Å². The van der Waals surface area contributed by atoms with Crippen LogP contribution in [0.3, 0.4) is 0 Å². The fraction of sp³-hybridized carbons (Fsp3) is 0.375. The van der Waals surface area contributed by atoms with E-state index >= 15 is 0 Å². The molecule has 0 aliphatic rings. The van der Waals surface area contributed by atoms with Crippen LogP contribution in [0.25, 0.3) is 0 Å². The zero-order chi connectivity index (χ0) is 14.5. The third-order valence-corrected chi connectivity index (χ3v) is 4.19.